The summed E-state index contributed by atoms with van der Waals surface area (Å²) < 4.78 is 15.9. The third kappa shape index (κ3) is 4.78. The number of methoxy groups -OCH3 is 3. The number of aryl methyl sites for hydroxylation is 1. The van der Waals surface area contributed by atoms with E-state index < -0.39 is 0 Å². The summed E-state index contributed by atoms with van der Waals surface area (Å²) in [5, 5.41) is 2.70. The molecule has 4 rings (SSSR count). The number of H-pyrrole nitrogens is 1. The molecule has 0 aliphatic carbocycles. The van der Waals surface area contributed by atoms with Crippen molar-refractivity contribution in [2.45, 2.75) is 25.7 Å². The van der Waals surface area contributed by atoms with Crippen LogP contribution < -0.4 is 19.5 Å². The van der Waals surface area contributed by atoms with Crippen LogP contribution in [0.15, 0.2) is 30.3 Å². The van der Waals surface area contributed by atoms with E-state index in [1.54, 1.807) is 17.0 Å². The predicted octanol–water partition coefficient (Wildman–Crippen LogP) is 3.03. The topological polar surface area (TPSA) is 106 Å². The minimum atomic E-state index is -0.389. The number of fused-ring (bicyclic) bond motifs is 1. The van der Waals surface area contributed by atoms with Crippen molar-refractivity contribution in [2.24, 2.45) is 0 Å². The molecule has 2 heterocycles. The number of nitrogens with zero attached hydrogens (tertiary/aromatic N) is 2. The average Bonchev–Trinajstić information content (AvgIpc) is 3.29. The molecular weight excluding hydrogens is 436 g/mol. The van der Waals surface area contributed by atoms with Gasteiger partial charge in [0.2, 0.25) is 11.7 Å². The van der Waals surface area contributed by atoms with Crippen LogP contribution in [0.5, 0.6) is 17.2 Å². The van der Waals surface area contributed by atoms with Crippen molar-refractivity contribution < 1.29 is 23.8 Å². The standard InChI is InChI=1S/C25H30N4O5/c1-15-5-6-18-19(11-15)28-24(27-18)16-7-9-29(10-8-16)22(30)14-26-25(31)17-12-20(32-2)23(34-4)21(13-17)33-3/h5-6,11-13,16H,7-10,14H2,1-4H3,(H,26,31)(H,27,28). The van der Waals surface area contributed by atoms with Crippen molar-refractivity contribution in [2.75, 3.05) is 41.0 Å². The maximum Gasteiger partial charge on any atom is 0.251 e. The first-order valence-corrected chi connectivity index (χ1v) is 11.3. The van der Waals surface area contributed by atoms with Crippen LogP contribution in [0.2, 0.25) is 0 Å². The highest BCUT2D eigenvalue weighted by Crippen LogP contribution is 2.38. The number of benzene rings is 2. The van der Waals surface area contributed by atoms with Crippen molar-refractivity contribution >= 4 is 22.8 Å². The van der Waals surface area contributed by atoms with Gasteiger partial charge in [-0.15, -0.1) is 0 Å². The highest BCUT2D eigenvalue weighted by molar-refractivity contribution is 5.97. The molecule has 180 valence electrons. The van der Waals surface area contributed by atoms with E-state index in [1.165, 1.54) is 26.9 Å². The van der Waals surface area contributed by atoms with Gasteiger partial charge < -0.3 is 29.4 Å². The fourth-order valence-corrected chi connectivity index (χ4v) is 4.32. The van der Waals surface area contributed by atoms with Gasteiger partial charge in [0.15, 0.2) is 11.5 Å². The van der Waals surface area contributed by atoms with Crippen LogP contribution in [0, 0.1) is 6.92 Å². The molecule has 3 aromatic rings. The molecule has 1 fully saturated rings. The number of aromatic amines is 1. The molecule has 2 N–H and O–H groups in total. The first-order valence-electron chi connectivity index (χ1n) is 11.3. The normalized spacial score (nSPS) is 14.2. The van der Waals surface area contributed by atoms with Gasteiger partial charge >= 0.3 is 0 Å². The minimum absolute atomic E-state index is 0.0793. The number of rotatable bonds is 7. The van der Waals surface area contributed by atoms with Crippen LogP contribution in [-0.2, 0) is 4.79 Å². The molecular formula is C25H30N4O5. The molecule has 0 spiro atoms. The van der Waals surface area contributed by atoms with Gasteiger partial charge in [-0.1, -0.05) is 6.07 Å². The molecule has 2 aromatic carbocycles. The number of likely N-dealkylation sites (tertiary alicyclic amines) is 1. The molecule has 1 saturated heterocycles. The molecule has 2 amide bonds. The van der Waals surface area contributed by atoms with Crippen LogP contribution in [-0.4, -0.2) is 67.6 Å². The molecule has 0 atom stereocenters. The van der Waals surface area contributed by atoms with E-state index >= 15 is 0 Å². The molecule has 1 aliphatic heterocycles. The molecule has 9 nitrogen and oxygen atoms in total. The summed E-state index contributed by atoms with van der Waals surface area (Å²) in [6.07, 6.45) is 1.65. The van der Waals surface area contributed by atoms with E-state index in [-0.39, 0.29) is 24.3 Å². The van der Waals surface area contributed by atoms with E-state index in [2.05, 4.69) is 29.4 Å². The highest BCUT2D eigenvalue weighted by atomic mass is 16.5. The lowest BCUT2D eigenvalue weighted by atomic mass is 9.96. The summed E-state index contributed by atoms with van der Waals surface area (Å²) in [4.78, 5) is 35.3. The molecule has 0 bridgehead atoms. The van der Waals surface area contributed by atoms with Gasteiger partial charge in [-0.3, -0.25) is 9.59 Å². The van der Waals surface area contributed by atoms with Crippen molar-refractivity contribution in [1.82, 2.24) is 20.2 Å². The smallest absolute Gasteiger partial charge is 0.251 e. The summed E-state index contributed by atoms with van der Waals surface area (Å²) in [5.41, 5.74) is 3.52. The lowest BCUT2D eigenvalue weighted by molar-refractivity contribution is -0.131. The number of carbonyl (C=O) groups excluding carboxylic acids is 2. The molecule has 34 heavy (non-hydrogen) atoms. The summed E-state index contributed by atoms with van der Waals surface area (Å²) in [6.45, 7) is 3.23. The SMILES string of the molecule is COc1cc(C(=O)NCC(=O)N2CCC(c3nc4ccc(C)cc4[nH]3)CC2)cc(OC)c1OC. The van der Waals surface area contributed by atoms with E-state index in [9.17, 15) is 9.59 Å². The van der Waals surface area contributed by atoms with Crippen LogP contribution in [0.25, 0.3) is 11.0 Å². The number of hydrogen-bond acceptors (Lipinski definition) is 6. The highest BCUT2D eigenvalue weighted by Gasteiger charge is 2.26. The lowest BCUT2D eigenvalue weighted by Gasteiger charge is -2.31. The first kappa shape index (κ1) is 23.4. The third-order valence-corrected chi connectivity index (χ3v) is 6.22. The molecule has 0 saturated carbocycles. The zero-order valence-corrected chi connectivity index (χ0v) is 19.9. The number of carbonyl (C=O) groups is 2. The zero-order chi connectivity index (χ0) is 24.2. The van der Waals surface area contributed by atoms with Gasteiger partial charge in [-0.2, -0.15) is 0 Å². The monoisotopic (exact) mass is 466 g/mol. The number of hydrogen-bond donors (Lipinski definition) is 2. The van der Waals surface area contributed by atoms with E-state index in [4.69, 9.17) is 19.2 Å². The Bertz CT molecular complexity index is 1170. The van der Waals surface area contributed by atoms with Crippen LogP contribution in [0.1, 0.15) is 40.5 Å². The van der Waals surface area contributed by atoms with Gasteiger partial charge in [0.05, 0.1) is 38.9 Å². The number of ether oxygens (including phenoxy) is 3. The Balaban J connectivity index is 1.33. The van der Waals surface area contributed by atoms with Crippen molar-refractivity contribution in [3.05, 3.63) is 47.3 Å². The van der Waals surface area contributed by atoms with E-state index in [1.807, 2.05) is 6.07 Å². The minimum Gasteiger partial charge on any atom is -0.493 e. The largest absolute Gasteiger partial charge is 0.493 e. The lowest BCUT2D eigenvalue weighted by Crippen LogP contribution is -2.43. The number of imidazole rings is 1. The van der Waals surface area contributed by atoms with Crippen molar-refractivity contribution in [3.63, 3.8) is 0 Å². The number of piperidine rings is 1. The maximum atomic E-state index is 12.7. The zero-order valence-electron chi connectivity index (χ0n) is 19.9. The Morgan fingerprint density at radius 2 is 1.74 bits per heavy atom. The van der Waals surface area contributed by atoms with E-state index in [0.717, 1.165) is 29.7 Å². The quantitative estimate of drug-likeness (QED) is 0.555. The maximum absolute atomic E-state index is 12.7. The van der Waals surface area contributed by atoms with Gasteiger partial charge in [0.1, 0.15) is 5.82 Å². The van der Waals surface area contributed by atoms with Gasteiger partial charge in [0, 0.05) is 24.6 Å². The molecule has 0 radical (unpaired) electrons. The number of nitrogens with one attached hydrogen (secondary N) is 2. The van der Waals surface area contributed by atoms with Gasteiger partial charge in [0.25, 0.3) is 5.91 Å². The molecule has 0 unspecified atom stereocenters. The predicted molar refractivity (Wildman–Crippen MR) is 128 cm³/mol. The molecule has 1 aromatic heterocycles. The fraction of sp³-hybridized carbons (Fsp3) is 0.400. The first-order chi connectivity index (χ1) is 16.4. The molecule has 1 aliphatic rings. The second-order valence-electron chi connectivity index (χ2n) is 8.39. The number of amides is 2. The summed E-state index contributed by atoms with van der Waals surface area (Å²) in [5.74, 6) is 1.91. The summed E-state index contributed by atoms with van der Waals surface area (Å²) in [6, 6.07) is 9.30. The molecule has 9 heteroatoms. The Morgan fingerprint density at radius 1 is 1.06 bits per heavy atom. The Labute approximate surface area is 198 Å². The Morgan fingerprint density at radius 3 is 2.35 bits per heavy atom. The Kier molecular flexibility index (Phi) is 6.90. The summed E-state index contributed by atoms with van der Waals surface area (Å²) in [7, 11) is 4.47. The average molecular weight is 467 g/mol. The number of aromatic nitrogens is 2. The van der Waals surface area contributed by atoms with Crippen LogP contribution in [0.3, 0.4) is 0 Å². The third-order valence-electron chi connectivity index (χ3n) is 6.22. The second-order valence-corrected chi connectivity index (χ2v) is 8.39. The van der Waals surface area contributed by atoms with E-state index in [0.29, 0.717) is 35.9 Å². The van der Waals surface area contributed by atoms with Crippen molar-refractivity contribution in [3.8, 4) is 17.2 Å². The Hall–Kier alpha value is -3.75. The van der Waals surface area contributed by atoms with Crippen LogP contribution in [0.4, 0.5) is 0 Å². The second kappa shape index (κ2) is 10.0. The van der Waals surface area contributed by atoms with Crippen LogP contribution >= 0.6 is 0 Å². The fourth-order valence-electron chi connectivity index (χ4n) is 4.32. The summed E-state index contributed by atoms with van der Waals surface area (Å²) >= 11 is 0. The van der Waals surface area contributed by atoms with Gasteiger partial charge in [-0.25, -0.2) is 4.98 Å². The van der Waals surface area contributed by atoms with Gasteiger partial charge in [-0.05, 0) is 49.6 Å². The van der Waals surface area contributed by atoms with Crippen molar-refractivity contribution in [1.29, 1.82) is 0 Å².